The molecular formula is C92H180O17P2. The zero-order valence-electron chi connectivity index (χ0n) is 73.3. The van der Waals surface area contributed by atoms with E-state index < -0.39 is 97.5 Å². The number of carbonyl (C=O) groups is 4. The molecule has 0 spiro atoms. The zero-order valence-corrected chi connectivity index (χ0v) is 75.1. The Hall–Kier alpha value is -1.94. The number of carbonyl (C=O) groups excluding carboxylic acids is 4. The minimum Gasteiger partial charge on any atom is -0.462 e. The Bertz CT molecular complexity index is 2120. The van der Waals surface area contributed by atoms with Gasteiger partial charge in [-0.1, -0.05) is 446 Å². The summed E-state index contributed by atoms with van der Waals surface area (Å²) in [6.45, 7) is 9.79. The molecule has 660 valence electrons. The third-order valence-corrected chi connectivity index (χ3v) is 23.6. The number of hydrogen-bond donors (Lipinski definition) is 3. The van der Waals surface area contributed by atoms with Crippen molar-refractivity contribution in [3.63, 3.8) is 0 Å². The Morgan fingerprint density at radius 3 is 0.613 bits per heavy atom. The van der Waals surface area contributed by atoms with E-state index in [0.29, 0.717) is 25.7 Å². The molecule has 0 aliphatic carbocycles. The molecule has 0 aliphatic heterocycles. The number of ether oxygens (including phenoxy) is 4. The van der Waals surface area contributed by atoms with E-state index in [1.807, 2.05) is 0 Å². The summed E-state index contributed by atoms with van der Waals surface area (Å²) < 4.78 is 69.1. The maximum atomic E-state index is 13.2. The van der Waals surface area contributed by atoms with Crippen LogP contribution in [-0.4, -0.2) is 96.7 Å². The van der Waals surface area contributed by atoms with Crippen LogP contribution in [0, 0.1) is 11.8 Å². The van der Waals surface area contributed by atoms with Gasteiger partial charge in [0, 0.05) is 25.7 Å². The molecule has 3 N–H and O–H groups in total. The molecule has 0 rings (SSSR count). The van der Waals surface area contributed by atoms with E-state index in [4.69, 9.17) is 37.0 Å². The van der Waals surface area contributed by atoms with Crippen molar-refractivity contribution >= 4 is 39.5 Å². The van der Waals surface area contributed by atoms with Gasteiger partial charge in [0.2, 0.25) is 0 Å². The second kappa shape index (κ2) is 83.1. The van der Waals surface area contributed by atoms with Crippen molar-refractivity contribution in [1.29, 1.82) is 0 Å². The van der Waals surface area contributed by atoms with Crippen LogP contribution in [0.5, 0.6) is 0 Å². The predicted octanol–water partition coefficient (Wildman–Crippen LogP) is 28.6. The number of hydrogen-bond acceptors (Lipinski definition) is 15. The van der Waals surface area contributed by atoms with Gasteiger partial charge in [-0.2, -0.15) is 0 Å². The van der Waals surface area contributed by atoms with Gasteiger partial charge in [0.05, 0.1) is 26.4 Å². The van der Waals surface area contributed by atoms with Gasteiger partial charge in [0.25, 0.3) is 0 Å². The quantitative estimate of drug-likeness (QED) is 0.0222. The molecule has 0 aliphatic rings. The highest BCUT2D eigenvalue weighted by Gasteiger charge is 2.31. The van der Waals surface area contributed by atoms with E-state index in [-0.39, 0.29) is 25.7 Å². The van der Waals surface area contributed by atoms with Crippen molar-refractivity contribution in [2.45, 2.75) is 516 Å². The van der Waals surface area contributed by atoms with Gasteiger partial charge >= 0.3 is 39.5 Å². The third-order valence-electron chi connectivity index (χ3n) is 21.7. The van der Waals surface area contributed by atoms with Crippen molar-refractivity contribution in [3.05, 3.63) is 0 Å². The molecule has 0 aromatic rings. The average Bonchev–Trinajstić information content (AvgIpc) is 0.903. The van der Waals surface area contributed by atoms with Gasteiger partial charge in [-0.15, -0.1) is 0 Å². The second-order valence-corrected chi connectivity index (χ2v) is 36.9. The first-order valence-electron chi connectivity index (χ1n) is 47.5. The first-order chi connectivity index (χ1) is 53.9. The number of rotatable bonds is 91. The van der Waals surface area contributed by atoms with Crippen LogP contribution in [0.4, 0.5) is 0 Å². The first-order valence-corrected chi connectivity index (χ1v) is 50.5. The Labute approximate surface area is 683 Å². The number of phosphoric ester groups is 2. The first kappa shape index (κ1) is 109. The number of phosphoric acid groups is 2. The third kappa shape index (κ3) is 85.8. The highest BCUT2D eigenvalue weighted by Crippen LogP contribution is 2.45. The summed E-state index contributed by atoms with van der Waals surface area (Å²) in [6.07, 6.45) is 77.7. The van der Waals surface area contributed by atoms with Gasteiger partial charge in [0.1, 0.15) is 19.3 Å². The highest BCUT2D eigenvalue weighted by atomic mass is 31.2. The summed E-state index contributed by atoms with van der Waals surface area (Å²) in [7, 11) is -9.94. The predicted molar refractivity (Wildman–Crippen MR) is 460 cm³/mol. The van der Waals surface area contributed by atoms with Crippen molar-refractivity contribution in [3.8, 4) is 0 Å². The van der Waals surface area contributed by atoms with E-state index in [9.17, 15) is 43.2 Å². The fourth-order valence-electron chi connectivity index (χ4n) is 14.5. The lowest BCUT2D eigenvalue weighted by atomic mass is 10.0. The van der Waals surface area contributed by atoms with Crippen LogP contribution in [0.1, 0.15) is 497 Å². The molecule has 0 saturated heterocycles. The molecule has 2 unspecified atom stereocenters. The summed E-state index contributed by atoms with van der Waals surface area (Å²) >= 11 is 0. The van der Waals surface area contributed by atoms with Gasteiger partial charge in [-0.25, -0.2) is 9.13 Å². The topological polar surface area (TPSA) is 237 Å². The van der Waals surface area contributed by atoms with Crippen molar-refractivity contribution in [1.82, 2.24) is 0 Å². The number of aliphatic hydroxyl groups excluding tert-OH is 1. The summed E-state index contributed by atoms with van der Waals surface area (Å²) in [4.78, 5) is 73.5. The normalized spacial score (nSPS) is 13.7. The molecule has 0 saturated carbocycles. The number of aliphatic hydroxyl groups is 1. The number of esters is 4. The van der Waals surface area contributed by atoms with Crippen molar-refractivity contribution in [2.24, 2.45) is 11.8 Å². The zero-order chi connectivity index (χ0) is 81.3. The average molecular weight is 1620 g/mol. The van der Waals surface area contributed by atoms with Crippen molar-refractivity contribution < 1.29 is 80.2 Å². The highest BCUT2D eigenvalue weighted by molar-refractivity contribution is 7.47. The van der Waals surface area contributed by atoms with Crippen LogP contribution < -0.4 is 0 Å². The standard InChI is InChI=1S/C92H180O17P2/c1-7-9-11-13-15-17-19-21-22-23-27-34-40-46-52-58-64-70-76-91(96)108-87(80-102-89(94)74-68-62-56-50-44-36-20-18-16-14-12-10-8-2)82-106-110(98,99)104-78-86(93)79-105-111(100,101)107-83-88(81-103-90(95)75-69-63-57-51-45-39-33-30-29-32-38-43-49-55-61-67-73-85(5)6)109-92(97)77-71-65-59-53-47-41-35-28-25-24-26-31-37-42-48-54-60-66-72-84(3)4/h84-88,93H,7-83H2,1-6H3,(H,98,99)(H,100,101)/t86-,87+,88+/m0/s1. The molecule has 0 fully saturated rings. The lowest BCUT2D eigenvalue weighted by Crippen LogP contribution is -2.30. The molecule has 0 radical (unpaired) electrons. The van der Waals surface area contributed by atoms with E-state index >= 15 is 0 Å². The summed E-state index contributed by atoms with van der Waals surface area (Å²) in [5.74, 6) is -0.459. The smallest absolute Gasteiger partial charge is 0.462 e. The summed E-state index contributed by atoms with van der Waals surface area (Å²) in [5.41, 5.74) is 0. The van der Waals surface area contributed by atoms with Gasteiger partial charge in [-0.3, -0.25) is 37.3 Å². The Morgan fingerprint density at radius 2 is 0.414 bits per heavy atom. The van der Waals surface area contributed by atoms with Gasteiger partial charge < -0.3 is 33.8 Å². The molecule has 0 bridgehead atoms. The maximum Gasteiger partial charge on any atom is 0.472 e. The molecule has 19 heteroatoms. The second-order valence-electron chi connectivity index (χ2n) is 34.0. The van der Waals surface area contributed by atoms with Crippen LogP contribution in [-0.2, 0) is 65.4 Å². The van der Waals surface area contributed by atoms with Gasteiger partial charge in [-0.05, 0) is 37.5 Å². The van der Waals surface area contributed by atoms with E-state index in [1.54, 1.807) is 0 Å². The summed E-state index contributed by atoms with van der Waals surface area (Å²) in [5, 5.41) is 10.7. The fraction of sp³-hybridized carbons (Fsp3) is 0.957. The van der Waals surface area contributed by atoms with Crippen LogP contribution >= 0.6 is 15.6 Å². The molecule has 0 amide bonds. The SMILES string of the molecule is CCCCCCCCCCCCCCCCCCCCC(=O)O[C@H](COC(=O)CCCCCCCCCCCCCCC)COP(=O)(O)OC[C@H](O)COP(=O)(O)OC[C@@H](COC(=O)CCCCCCCCCCCCCCCCCCC(C)C)OC(=O)CCCCCCCCCCCCCCCCCCCCC(C)C. The largest absolute Gasteiger partial charge is 0.472 e. The molecule has 0 aromatic carbocycles. The minimum atomic E-state index is -4.97. The Kier molecular flexibility index (Phi) is 81.7. The van der Waals surface area contributed by atoms with Gasteiger partial charge in [0.15, 0.2) is 12.2 Å². The van der Waals surface area contributed by atoms with E-state index in [0.717, 1.165) is 102 Å². The molecule has 111 heavy (non-hydrogen) atoms. The fourth-order valence-corrected chi connectivity index (χ4v) is 16.1. The van der Waals surface area contributed by atoms with Crippen molar-refractivity contribution in [2.75, 3.05) is 39.6 Å². The lowest BCUT2D eigenvalue weighted by molar-refractivity contribution is -0.161. The molecule has 0 aromatic heterocycles. The molecule has 17 nitrogen and oxygen atoms in total. The maximum absolute atomic E-state index is 13.2. The van der Waals surface area contributed by atoms with Crippen LogP contribution in [0.25, 0.3) is 0 Å². The monoisotopic (exact) mass is 1620 g/mol. The molecular weight excluding hydrogens is 1440 g/mol. The number of unbranched alkanes of at least 4 members (excludes halogenated alkanes) is 61. The lowest BCUT2D eigenvalue weighted by Gasteiger charge is -2.21. The molecule has 5 atom stereocenters. The van der Waals surface area contributed by atoms with E-state index in [2.05, 4.69) is 41.5 Å². The Balaban J connectivity index is 5.26. The molecule has 0 heterocycles. The van der Waals surface area contributed by atoms with Crippen LogP contribution in [0.15, 0.2) is 0 Å². The minimum absolute atomic E-state index is 0.109. The van der Waals surface area contributed by atoms with Crippen LogP contribution in [0.3, 0.4) is 0 Å². The van der Waals surface area contributed by atoms with E-state index in [1.165, 1.54) is 315 Å². The van der Waals surface area contributed by atoms with Crippen LogP contribution in [0.2, 0.25) is 0 Å². The summed E-state index contributed by atoms with van der Waals surface area (Å²) in [6, 6.07) is 0. The Morgan fingerprint density at radius 1 is 0.243 bits per heavy atom.